The Kier molecular flexibility index (Phi) is 7.54. The second-order valence-corrected chi connectivity index (χ2v) is 6.42. The summed E-state index contributed by atoms with van der Waals surface area (Å²) in [5.41, 5.74) is 0. The molecule has 0 spiro atoms. The molecule has 122 valence electrons. The molecule has 1 fully saturated rings. The summed E-state index contributed by atoms with van der Waals surface area (Å²) in [7, 11) is 0. The van der Waals surface area contributed by atoms with E-state index in [1.165, 1.54) is 12.8 Å². The number of amides is 2. The average molecular weight is 298 g/mol. The summed E-state index contributed by atoms with van der Waals surface area (Å²) >= 11 is 0. The fourth-order valence-corrected chi connectivity index (χ4v) is 2.47. The van der Waals surface area contributed by atoms with Crippen molar-refractivity contribution in [1.29, 1.82) is 0 Å². The van der Waals surface area contributed by atoms with Crippen LogP contribution in [0, 0.1) is 11.8 Å². The highest BCUT2D eigenvalue weighted by molar-refractivity contribution is 5.74. The van der Waals surface area contributed by atoms with Crippen LogP contribution in [0.3, 0.4) is 0 Å². The van der Waals surface area contributed by atoms with E-state index in [1.54, 1.807) is 0 Å². The molecule has 1 aliphatic carbocycles. The fourth-order valence-electron chi connectivity index (χ4n) is 2.47. The Bertz CT molecular complexity index is 340. The van der Waals surface area contributed by atoms with Gasteiger partial charge >= 0.3 is 12.0 Å². The van der Waals surface area contributed by atoms with Crippen molar-refractivity contribution in [2.24, 2.45) is 11.8 Å². The van der Waals surface area contributed by atoms with Gasteiger partial charge in [0.1, 0.15) is 0 Å². The van der Waals surface area contributed by atoms with E-state index < -0.39 is 5.97 Å². The molecule has 0 bridgehead atoms. The zero-order valence-corrected chi connectivity index (χ0v) is 13.6. The smallest absolute Gasteiger partial charge is 0.317 e. The third-order valence-electron chi connectivity index (χ3n) is 4.21. The third kappa shape index (κ3) is 7.34. The van der Waals surface area contributed by atoms with Crippen LogP contribution >= 0.6 is 0 Å². The monoisotopic (exact) mass is 298 g/mol. The molecule has 0 aromatic carbocycles. The Morgan fingerprint density at radius 1 is 1.29 bits per heavy atom. The summed E-state index contributed by atoms with van der Waals surface area (Å²) < 4.78 is 0. The number of hydrogen-bond donors (Lipinski definition) is 2. The van der Waals surface area contributed by atoms with E-state index in [0.29, 0.717) is 24.8 Å². The lowest BCUT2D eigenvalue weighted by atomic mass is 9.97. The lowest BCUT2D eigenvalue weighted by molar-refractivity contribution is -0.137. The van der Waals surface area contributed by atoms with Crippen LogP contribution in [0.25, 0.3) is 0 Å². The Labute approximate surface area is 128 Å². The summed E-state index contributed by atoms with van der Waals surface area (Å²) in [6, 6.07) is 0.240. The van der Waals surface area contributed by atoms with E-state index in [1.807, 2.05) is 18.7 Å². The molecule has 21 heavy (non-hydrogen) atoms. The number of carboxylic acids is 1. The molecule has 1 saturated carbocycles. The molecule has 0 heterocycles. The Morgan fingerprint density at radius 2 is 1.95 bits per heavy atom. The van der Waals surface area contributed by atoms with E-state index >= 15 is 0 Å². The van der Waals surface area contributed by atoms with Crippen molar-refractivity contribution in [1.82, 2.24) is 10.2 Å². The molecule has 5 heteroatoms. The molecule has 0 radical (unpaired) electrons. The number of hydrogen-bond acceptors (Lipinski definition) is 2. The quantitative estimate of drug-likeness (QED) is 0.651. The molecule has 0 aromatic rings. The molecule has 1 rings (SSSR count). The van der Waals surface area contributed by atoms with Gasteiger partial charge < -0.3 is 15.3 Å². The van der Waals surface area contributed by atoms with Crippen LogP contribution in [0.15, 0.2) is 0 Å². The fraction of sp³-hybridized carbons (Fsp3) is 0.875. The molecular formula is C16H30N2O3. The van der Waals surface area contributed by atoms with Gasteiger partial charge in [0.15, 0.2) is 0 Å². The molecule has 2 N–H and O–H groups in total. The average Bonchev–Trinajstić information content (AvgIpc) is 3.23. The van der Waals surface area contributed by atoms with Crippen LogP contribution in [-0.4, -0.2) is 41.1 Å². The van der Waals surface area contributed by atoms with Gasteiger partial charge in [-0.1, -0.05) is 13.3 Å². The first-order valence-electron chi connectivity index (χ1n) is 8.20. The van der Waals surface area contributed by atoms with Crippen molar-refractivity contribution in [2.45, 2.75) is 65.3 Å². The maximum atomic E-state index is 12.2. The number of aliphatic carboxylic acids is 1. The van der Waals surface area contributed by atoms with Gasteiger partial charge in [0, 0.05) is 25.6 Å². The summed E-state index contributed by atoms with van der Waals surface area (Å²) in [5.74, 6) is 0.322. The van der Waals surface area contributed by atoms with Gasteiger partial charge in [-0.25, -0.2) is 4.79 Å². The van der Waals surface area contributed by atoms with E-state index in [-0.39, 0.29) is 18.5 Å². The lowest BCUT2D eigenvalue weighted by Gasteiger charge is -2.27. The second kappa shape index (κ2) is 8.90. The second-order valence-electron chi connectivity index (χ2n) is 6.42. The number of urea groups is 1. The summed E-state index contributed by atoms with van der Waals surface area (Å²) in [4.78, 5) is 24.7. The first-order chi connectivity index (χ1) is 9.93. The molecule has 5 nitrogen and oxygen atoms in total. The van der Waals surface area contributed by atoms with Gasteiger partial charge in [-0.2, -0.15) is 0 Å². The molecule has 2 amide bonds. The zero-order chi connectivity index (χ0) is 15.8. The standard InChI is InChI=1S/C16H30N2O3/c1-4-13(7-8-15(19)20)9-10-17-16(21)18(12(2)3)11-14-5-6-14/h12-14H,4-11H2,1-3H3,(H,17,21)(H,19,20). The highest BCUT2D eigenvalue weighted by Crippen LogP contribution is 2.30. The normalized spacial score (nSPS) is 15.8. The first-order valence-corrected chi connectivity index (χ1v) is 8.20. The Balaban J connectivity index is 2.27. The number of carbonyl (C=O) groups excluding carboxylic acids is 1. The lowest BCUT2D eigenvalue weighted by Crippen LogP contribution is -2.45. The van der Waals surface area contributed by atoms with Gasteiger partial charge in [0.2, 0.25) is 0 Å². The van der Waals surface area contributed by atoms with Crippen LogP contribution in [-0.2, 0) is 4.79 Å². The van der Waals surface area contributed by atoms with Gasteiger partial charge in [0.05, 0.1) is 0 Å². The van der Waals surface area contributed by atoms with E-state index in [2.05, 4.69) is 12.2 Å². The van der Waals surface area contributed by atoms with Crippen molar-refractivity contribution in [3.63, 3.8) is 0 Å². The van der Waals surface area contributed by atoms with Crippen molar-refractivity contribution in [3.8, 4) is 0 Å². The largest absolute Gasteiger partial charge is 0.481 e. The first kappa shape index (κ1) is 17.8. The van der Waals surface area contributed by atoms with Crippen LogP contribution < -0.4 is 5.32 Å². The third-order valence-corrected chi connectivity index (χ3v) is 4.21. The van der Waals surface area contributed by atoms with Crippen LogP contribution in [0.4, 0.5) is 4.79 Å². The van der Waals surface area contributed by atoms with Crippen LogP contribution in [0.1, 0.15) is 59.3 Å². The Morgan fingerprint density at radius 3 is 2.43 bits per heavy atom. The molecule has 0 aliphatic heterocycles. The van der Waals surface area contributed by atoms with Crippen molar-refractivity contribution >= 4 is 12.0 Å². The minimum Gasteiger partial charge on any atom is -0.481 e. The number of carboxylic acid groups (broad SMARTS) is 1. The molecular weight excluding hydrogens is 268 g/mol. The number of nitrogens with one attached hydrogen (secondary N) is 1. The van der Waals surface area contributed by atoms with Crippen molar-refractivity contribution in [3.05, 3.63) is 0 Å². The zero-order valence-electron chi connectivity index (χ0n) is 13.6. The minimum absolute atomic E-state index is 0.0185. The predicted octanol–water partition coefficient (Wildman–Crippen LogP) is 3.10. The van der Waals surface area contributed by atoms with Gasteiger partial charge in [-0.15, -0.1) is 0 Å². The van der Waals surface area contributed by atoms with E-state index in [9.17, 15) is 9.59 Å². The van der Waals surface area contributed by atoms with Crippen molar-refractivity contribution < 1.29 is 14.7 Å². The van der Waals surface area contributed by atoms with Crippen molar-refractivity contribution in [2.75, 3.05) is 13.1 Å². The molecule has 1 atom stereocenters. The van der Waals surface area contributed by atoms with Crippen LogP contribution in [0.2, 0.25) is 0 Å². The topological polar surface area (TPSA) is 69.6 Å². The molecule has 0 saturated heterocycles. The molecule has 1 unspecified atom stereocenters. The van der Waals surface area contributed by atoms with Gasteiger partial charge in [-0.3, -0.25) is 4.79 Å². The maximum absolute atomic E-state index is 12.2. The highest BCUT2D eigenvalue weighted by atomic mass is 16.4. The summed E-state index contributed by atoms with van der Waals surface area (Å²) in [6.45, 7) is 7.65. The molecule has 0 aromatic heterocycles. The van der Waals surface area contributed by atoms with Gasteiger partial charge in [0.25, 0.3) is 0 Å². The predicted molar refractivity (Wildman–Crippen MR) is 83.2 cm³/mol. The maximum Gasteiger partial charge on any atom is 0.317 e. The van der Waals surface area contributed by atoms with Crippen LogP contribution in [0.5, 0.6) is 0 Å². The number of carbonyl (C=O) groups is 2. The number of nitrogens with zero attached hydrogens (tertiary/aromatic N) is 1. The Hall–Kier alpha value is -1.26. The minimum atomic E-state index is -0.743. The molecule has 1 aliphatic rings. The summed E-state index contributed by atoms with van der Waals surface area (Å²) in [6.07, 6.45) is 5.20. The number of rotatable bonds is 10. The summed E-state index contributed by atoms with van der Waals surface area (Å²) in [5, 5.41) is 11.7. The van der Waals surface area contributed by atoms with E-state index in [4.69, 9.17) is 5.11 Å². The van der Waals surface area contributed by atoms with E-state index in [0.717, 1.165) is 19.4 Å². The highest BCUT2D eigenvalue weighted by Gasteiger charge is 2.28. The van der Waals surface area contributed by atoms with Gasteiger partial charge in [-0.05, 0) is 51.4 Å². The SMILES string of the molecule is CCC(CCNC(=O)N(CC1CC1)C(C)C)CCC(=O)O.